The number of rotatable bonds is 9. The molecule has 0 unspecified atom stereocenters. The van der Waals surface area contributed by atoms with Gasteiger partial charge in [-0.1, -0.05) is 35.4 Å². The van der Waals surface area contributed by atoms with Gasteiger partial charge in [-0.15, -0.1) is 0 Å². The van der Waals surface area contributed by atoms with Crippen molar-refractivity contribution in [3.63, 3.8) is 0 Å². The van der Waals surface area contributed by atoms with Crippen LogP contribution in [0.15, 0.2) is 48.5 Å². The van der Waals surface area contributed by atoms with Crippen LogP contribution in [0.5, 0.6) is 11.5 Å². The molecule has 2 aromatic carbocycles. The largest absolute Gasteiger partial charge is 0.482 e. The molecule has 6 heteroatoms. The Kier molecular flexibility index (Phi) is 7.49. The average Bonchev–Trinajstić information content (AvgIpc) is 2.64. The Labute approximate surface area is 152 Å². The van der Waals surface area contributed by atoms with E-state index in [1.165, 1.54) is 0 Å². The number of carbonyl (C=O) groups is 2. The van der Waals surface area contributed by atoms with Gasteiger partial charge in [-0.2, -0.15) is 0 Å². The minimum atomic E-state index is -0.530. The maximum atomic E-state index is 11.6. The molecule has 0 aliphatic rings. The van der Waals surface area contributed by atoms with Crippen molar-refractivity contribution in [3.8, 4) is 11.5 Å². The molecule has 0 atom stereocenters. The third kappa shape index (κ3) is 7.25. The molecule has 0 aromatic heterocycles. The number of esters is 2. The number of benzene rings is 2. The lowest BCUT2D eigenvalue weighted by atomic mass is 10.2. The second kappa shape index (κ2) is 10.1. The summed E-state index contributed by atoms with van der Waals surface area (Å²) in [7, 11) is 0. The molecule has 0 heterocycles. The van der Waals surface area contributed by atoms with E-state index in [1.54, 1.807) is 24.3 Å². The number of hydrogen-bond acceptors (Lipinski definition) is 6. The van der Waals surface area contributed by atoms with Crippen molar-refractivity contribution < 1.29 is 28.5 Å². The number of carbonyl (C=O) groups excluding carboxylic acids is 2. The Balaban J connectivity index is 1.54. The number of ether oxygens (including phenoxy) is 4. The van der Waals surface area contributed by atoms with Crippen LogP contribution < -0.4 is 9.47 Å². The molecule has 0 amide bonds. The van der Waals surface area contributed by atoms with Crippen molar-refractivity contribution in [3.05, 3.63) is 59.7 Å². The molecule has 0 fully saturated rings. The van der Waals surface area contributed by atoms with Crippen LogP contribution in [0.4, 0.5) is 0 Å². The van der Waals surface area contributed by atoms with Crippen LogP contribution in [0.25, 0.3) is 0 Å². The van der Waals surface area contributed by atoms with Crippen molar-refractivity contribution in [2.75, 3.05) is 26.4 Å². The zero-order chi connectivity index (χ0) is 18.8. The SMILES string of the molecule is Cc1ccc(OCC(=O)OCCOC(=O)COc2ccc(C)cc2)cc1. The molecule has 0 aliphatic carbocycles. The van der Waals surface area contributed by atoms with Gasteiger partial charge >= 0.3 is 11.9 Å². The highest BCUT2D eigenvalue weighted by atomic mass is 16.6. The van der Waals surface area contributed by atoms with Gasteiger partial charge in [0.15, 0.2) is 13.2 Å². The van der Waals surface area contributed by atoms with Crippen LogP contribution >= 0.6 is 0 Å². The number of aryl methyl sites for hydroxylation is 2. The van der Waals surface area contributed by atoms with Gasteiger partial charge in [0.05, 0.1) is 0 Å². The Morgan fingerprint density at radius 2 is 1.00 bits per heavy atom. The summed E-state index contributed by atoms with van der Waals surface area (Å²) >= 11 is 0. The third-order valence-corrected chi connectivity index (χ3v) is 3.36. The maximum Gasteiger partial charge on any atom is 0.344 e. The second-order valence-corrected chi connectivity index (χ2v) is 5.64. The van der Waals surface area contributed by atoms with E-state index in [9.17, 15) is 9.59 Å². The first-order valence-electron chi connectivity index (χ1n) is 8.23. The van der Waals surface area contributed by atoms with Crippen molar-refractivity contribution in [2.45, 2.75) is 13.8 Å². The molecule has 138 valence electrons. The molecule has 0 N–H and O–H groups in total. The van der Waals surface area contributed by atoms with Crippen LogP contribution in [-0.4, -0.2) is 38.4 Å². The highest BCUT2D eigenvalue weighted by Gasteiger charge is 2.07. The van der Waals surface area contributed by atoms with Crippen molar-refractivity contribution in [1.29, 1.82) is 0 Å². The fraction of sp³-hybridized carbons (Fsp3) is 0.300. The molecule has 0 radical (unpaired) electrons. The Hall–Kier alpha value is -3.02. The van der Waals surface area contributed by atoms with Crippen LogP contribution in [-0.2, 0) is 19.1 Å². The summed E-state index contributed by atoms with van der Waals surface area (Å²) in [6, 6.07) is 14.7. The highest BCUT2D eigenvalue weighted by molar-refractivity contribution is 5.72. The molecular formula is C20H22O6. The van der Waals surface area contributed by atoms with Gasteiger partial charge < -0.3 is 18.9 Å². The summed E-state index contributed by atoms with van der Waals surface area (Å²) in [5.41, 5.74) is 2.21. The molecule has 26 heavy (non-hydrogen) atoms. The summed E-state index contributed by atoms with van der Waals surface area (Å²) in [4.78, 5) is 23.1. The molecular weight excluding hydrogens is 336 g/mol. The maximum absolute atomic E-state index is 11.6. The summed E-state index contributed by atoms with van der Waals surface area (Å²) in [6.07, 6.45) is 0. The van der Waals surface area contributed by atoms with Crippen molar-refractivity contribution in [1.82, 2.24) is 0 Å². The van der Waals surface area contributed by atoms with Gasteiger partial charge in [-0.3, -0.25) is 0 Å². The first-order chi connectivity index (χ1) is 12.5. The van der Waals surface area contributed by atoms with E-state index in [4.69, 9.17) is 18.9 Å². The average molecular weight is 358 g/mol. The standard InChI is InChI=1S/C20H22O6/c1-15-3-7-17(8-4-15)25-13-19(21)23-11-12-24-20(22)14-26-18-9-5-16(2)6-10-18/h3-10H,11-14H2,1-2H3. The lowest BCUT2D eigenvalue weighted by Gasteiger charge is -2.09. The summed E-state index contributed by atoms with van der Waals surface area (Å²) in [5, 5.41) is 0. The normalized spacial score (nSPS) is 10.1. The van der Waals surface area contributed by atoms with Crippen molar-refractivity contribution >= 4 is 11.9 Å². The smallest absolute Gasteiger partial charge is 0.344 e. The Bertz CT molecular complexity index is 643. The number of hydrogen-bond donors (Lipinski definition) is 0. The van der Waals surface area contributed by atoms with Crippen LogP contribution in [0, 0.1) is 13.8 Å². The lowest BCUT2D eigenvalue weighted by molar-refractivity contribution is -0.154. The van der Waals surface area contributed by atoms with Crippen LogP contribution in [0.3, 0.4) is 0 Å². The first kappa shape index (κ1) is 19.3. The monoisotopic (exact) mass is 358 g/mol. The van der Waals surface area contributed by atoms with Crippen LogP contribution in [0.1, 0.15) is 11.1 Å². The molecule has 0 saturated heterocycles. The van der Waals surface area contributed by atoms with Crippen LogP contribution in [0.2, 0.25) is 0 Å². The zero-order valence-electron chi connectivity index (χ0n) is 14.9. The molecule has 0 spiro atoms. The van der Waals surface area contributed by atoms with E-state index in [0.717, 1.165) is 11.1 Å². The molecule has 2 rings (SSSR count). The predicted octanol–water partition coefficient (Wildman–Crippen LogP) is 2.85. The van der Waals surface area contributed by atoms with Gasteiger partial charge in [-0.05, 0) is 38.1 Å². The van der Waals surface area contributed by atoms with E-state index >= 15 is 0 Å². The van der Waals surface area contributed by atoms with E-state index in [-0.39, 0.29) is 26.4 Å². The van der Waals surface area contributed by atoms with E-state index in [2.05, 4.69) is 0 Å². The molecule has 0 saturated carbocycles. The summed E-state index contributed by atoms with van der Waals surface area (Å²) in [5.74, 6) is 0.120. The van der Waals surface area contributed by atoms with Gasteiger partial charge in [0.2, 0.25) is 0 Å². The van der Waals surface area contributed by atoms with Gasteiger partial charge in [0.25, 0.3) is 0 Å². The minimum absolute atomic E-state index is 0.0354. The molecule has 6 nitrogen and oxygen atoms in total. The van der Waals surface area contributed by atoms with Crippen molar-refractivity contribution in [2.24, 2.45) is 0 Å². The quantitative estimate of drug-likeness (QED) is 0.507. The fourth-order valence-corrected chi connectivity index (χ4v) is 1.95. The van der Waals surface area contributed by atoms with Gasteiger partial charge in [-0.25, -0.2) is 9.59 Å². The van der Waals surface area contributed by atoms with Gasteiger partial charge in [0.1, 0.15) is 24.7 Å². The first-order valence-corrected chi connectivity index (χ1v) is 8.23. The van der Waals surface area contributed by atoms with E-state index in [1.807, 2.05) is 38.1 Å². The highest BCUT2D eigenvalue weighted by Crippen LogP contribution is 2.12. The third-order valence-electron chi connectivity index (χ3n) is 3.36. The topological polar surface area (TPSA) is 71.1 Å². The lowest BCUT2D eigenvalue weighted by Crippen LogP contribution is -2.21. The second-order valence-electron chi connectivity index (χ2n) is 5.64. The van der Waals surface area contributed by atoms with Gasteiger partial charge in [0, 0.05) is 0 Å². The Morgan fingerprint density at radius 3 is 1.35 bits per heavy atom. The van der Waals surface area contributed by atoms with E-state index < -0.39 is 11.9 Å². The molecule has 2 aromatic rings. The summed E-state index contributed by atoms with van der Waals surface area (Å²) in [6.45, 7) is 3.45. The zero-order valence-corrected chi connectivity index (χ0v) is 14.9. The molecule has 0 aliphatic heterocycles. The van der Waals surface area contributed by atoms with E-state index in [0.29, 0.717) is 11.5 Å². The summed E-state index contributed by atoms with van der Waals surface area (Å²) < 4.78 is 20.5. The predicted molar refractivity (Wildman–Crippen MR) is 95.3 cm³/mol. The Morgan fingerprint density at radius 1 is 0.654 bits per heavy atom. The molecule has 0 bridgehead atoms. The fourth-order valence-electron chi connectivity index (χ4n) is 1.95. The minimum Gasteiger partial charge on any atom is -0.482 e.